The number of rotatable bonds is 9. The Kier molecular flexibility index (Phi) is 7.67. The molecule has 0 aromatic heterocycles. The van der Waals surface area contributed by atoms with E-state index in [4.69, 9.17) is 9.47 Å². The number of hydrogen-bond acceptors (Lipinski definition) is 3. The van der Waals surface area contributed by atoms with E-state index >= 15 is 0 Å². The minimum absolute atomic E-state index is 0.189. The van der Waals surface area contributed by atoms with Gasteiger partial charge in [0, 0.05) is 6.42 Å². The van der Waals surface area contributed by atoms with Crippen molar-refractivity contribution in [1.29, 1.82) is 0 Å². The minimum Gasteiger partial charge on any atom is -0.489 e. The van der Waals surface area contributed by atoms with Crippen molar-refractivity contribution >= 4 is 5.97 Å². The van der Waals surface area contributed by atoms with Gasteiger partial charge in [0.1, 0.15) is 12.4 Å². The van der Waals surface area contributed by atoms with Gasteiger partial charge in [-0.25, -0.2) is 0 Å². The van der Waals surface area contributed by atoms with Crippen molar-refractivity contribution in [3.63, 3.8) is 0 Å². The SMILES string of the molecule is CCc1cccc(CC)c1-c1cccc(COc2ccc(CCC(=O)OC)cc2)c1. The normalized spacial score (nSPS) is 10.6. The lowest BCUT2D eigenvalue weighted by atomic mass is 9.91. The molecule has 0 aliphatic rings. The maximum atomic E-state index is 11.3. The number of ether oxygens (including phenoxy) is 2. The molecule has 3 rings (SSSR count). The lowest BCUT2D eigenvalue weighted by Crippen LogP contribution is -2.02. The molecule has 3 aromatic rings. The standard InChI is InChI=1S/C27H30O3/c1-4-22-9-7-10-23(5-2)27(22)24-11-6-8-21(18-24)19-30-25-15-12-20(13-16-25)14-17-26(28)29-3/h6-13,15-16,18H,4-5,14,17,19H2,1-3H3. The molecule has 0 saturated carbocycles. The maximum Gasteiger partial charge on any atom is 0.305 e. The number of carbonyl (C=O) groups excluding carboxylic acids is 1. The molecule has 156 valence electrons. The van der Waals surface area contributed by atoms with Crippen LogP contribution in [0.5, 0.6) is 5.75 Å². The molecular formula is C27H30O3. The van der Waals surface area contributed by atoms with E-state index in [1.54, 1.807) is 0 Å². The number of carbonyl (C=O) groups is 1. The number of methoxy groups -OCH3 is 1. The third-order valence-corrected chi connectivity index (χ3v) is 5.39. The Bertz CT molecular complexity index is 951. The second kappa shape index (κ2) is 10.6. The van der Waals surface area contributed by atoms with E-state index in [1.165, 1.54) is 29.4 Å². The maximum absolute atomic E-state index is 11.3. The monoisotopic (exact) mass is 402 g/mol. The largest absolute Gasteiger partial charge is 0.489 e. The fraction of sp³-hybridized carbons (Fsp3) is 0.296. The Morgan fingerprint density at radius 1 is 0.833 bits per heavy atom. The van der Waals surface area contributed by atoms with Crippen LogP contribution in [-0.2, 0) is 35.4 Å². The van der Waals surface area contributed by atoms with Gasteiger partial charge in [-0.2, -0.15) is 0 Å². The van der Waals surface area contributed by atoms with Gasteiger partial charge in [0.2, 0.25) is 0 Å². The summed E-state index contributed by atoms with van der Waals surface area (Å²) in [5.41, 5.74) is 7.63. The third-order valence-electron chi connectivity index (χ3n) is 5.39. The van der Waals surface area contributed by atoms with Gasteiger partial charge in [0.05, 0.1) is 7.11 Å². The van der Waals surface area contributed by atoms with E-state index in [0.717, 1.165) is 29.7 Å². The zero-order chi connectivity index (χ0) is 21.3. The average Bonchev–Trinajstić information content (AvgIpc) is 2.81. The van der Waals surface area contributed by atoms with Crippen LogP contribution in [-0.4, -0.2) is 13.1 Å². The highest BCUT2D eigenvalue weighted by molar-refractivity contribution is 5.72. The smallest absolute Gasteiger partial charge is 0.305 e. The van der Waals surface area contributed by atoms with Gasteiger partial charge in [0.25, 0.3) is 0 Å². The minimum atomic E-state index is -0.189. The van der Waals surface area contributed by atoms with E-state index in [1.807, 2.05) is 24.3 Å². The van der Waals surface area contributed by atoms with Crippen molar-refractivity contribution in [2.75, 3.05) is 7.11 Å². The van der Waals surface area contributed by atoms with Crippen LogP contribution in [0.3, 0.4) is 0 Å². The van der Waals surface area contributed by atoms with E-state index < -0.39 is 0 Å². The highest BCUT2D eigenvalue weighted by Crippen LogP contribution is 2.30. The first-order chi connectivity index (χ1) is 14.6. The summed E-state index contributed by atoms with van der Waals surface area (Å²) < 4.78 is 10.7. The summed E-state index contributed by atoms with van der Waals surface area (Å²) in [5.74, 6) is 0.636. The van der Waals surface area contributed by atoms with Gasteiger partial charge in [-0.05, 0) is 70.8 Å². The molecule has 0 aliphatic carbocycles. The lowest BCUT2D eigenvalue weighted by Gasteiger charge is -2.15. The molecule has 0 unspecified atom stereocenters. The van der Waals surface area contributed by atoms with Gasteiger partial charge in [-0.15, -0.1) is 0 Å². The highest BCUT2D eigenvalue weighted by atomic mass is 16.5. The second-order valence-electron chi connectivity index (χ2n) is 7.37. The molecule has 0 fully saturated rings. The van der Waals surface area contributed by atoms with Crippen LogP contribution >= 0.6 is 0 Å². The van der Waals surface area contributed by atoms with Crippen LogP contribution in [0.1, 0.15) is 42.5 Å². The van der Waals surface area contributed by atoms with Crippen LogP contribution in [0.2, 0.25) is 0 Å². The summed E-state index contributed by atoms with van der Waals surface area (Å²) in [5, 5.41) is 0. The zero-order valence-corrected chi connectivity index (χ0v) is 18.1. The molecule has 3 aromatic carbocycles. The number of esters is 1. The van der Waals surface area contributed by atoms with E-state index in [9.17, 15) is 4.79 Å². The molecule has 0 aliphatic heterocycles. The molecule has 3 heteroatoms. The number of aryl methyl sites for hydroxylation is 3. The van der Waals surface area contributed by atoms with Crippen molar-refractivity contribution < 1.29 is 14.3 Å². The number of benzene rings is 3. The molecule has 0 atom stereocenters. The van der Waals surface area contributed by atoms with Crippen molar-refractivity contribution in [3.05, 3.63) is 89.0 Å². The number of hydrogen-bond donors (Lipinski definition) is 0. The molecular weight excluding hydrogens is 372 g/mol. The predicted octanol–water partition coefficient (Wildman–Crippen LogP) is 6.16. The third kappa shape index (κ3) is 5.50. The Labute approximate surface area is 179 Å². The fourth-order valence-electron chi connectivity index (χ4n) is 3.70. The van der Waals surface area contributed by atoms with E-state index in [-0.39, 0.29) is 5.97 Å². The molecule has 0 spiro atoms. The molecule has 0 amide bonds. The van der Waals surface area contributed by atoms with E-state index in [0.29, 0.717) is 19.4 Å². The lowest BCUT2D eigenvalue weighted by molar-refractivity contribution is -0.140. The quantitative estimate of drug-likeness (QED) is 0.402. The van der Waals surface area contributed by atoms with Crippen LogP contribution < -0.4 is 4.74 Å². The fourth-order valence-corrected chi connectivity index (χ4v) is 3.70. The first-order valence-corrected chi connectivity index (χ1v) is 10.6. The second-order valence-corrected chi connectivity index (χ2v) is 7.37. The Morgan fingerprint density at radius 3 is 2.13 bits per heavy atom. The molecule has 0 saturated heterocycles. The topological polar surface area (TPSA) is 35.5 Å². The van der Waals surface area contributed by atoms with E-state index in [2.05, 4.69) is 56.3 Å². The molecule has 0 heterocycles. The molecule has 30 heavy (non-hydrogen) atoms. The molecule has 0 bridgehead atoms. The zero-order valence-electron chi connectivity index (χ0n) is 18.1. The van der Waals surface area contributed by atoms with Gasteiger partial charge in [-0.3, -0.25) is 4.79 Å². The highest BCUT2D eigenvalue weighted by Gasteiger charge is 2.09. The summed E-state index contributed by atoms with van der Waals surface area (Å²) in [7, 11) is 1.41. The summed E-state index contributed by atoms with van der Waals surface area (Å²) in [6.07, 6.45) is 3.10. The Balaban J connectivity index is 1.69. The average molecular weight is 403 g/mol. The van der Waals surface area contributed by atoms with Crippen molar-refractivity contribution in [3.8, 4) is 16.9 Å². The van der Waals surface area contributed by atoms with Gasteiger partial charge >= 0.3 is 5.97 Å². The Hall–Kier alpha value is -3.07. The van der Waals surface area contributed by atoms with Crippen LogP contribution in [0.4, 0.5) is 0 Å². The first kappa shape index (κ1) is 21.6. The van der Waals surface area contributed by atoms with Gasteiger partial charge in [-0.1, -0.05) is 62.4 Å². The van der Waals surface area contributed by atoms with Gasteiger partial charge < -0.3 is 9.47 Å². The van der Waals surface area contributed by atoms with Crippen molar-refractivity contribution in [2.24, 2.45) is 0 Å². The molecule has 0 radical (unpaired) electrons. The summed E-state index contributed by atoms with van der Waals surface area (Å²) >= 11 is 0. The molecule has 0 N–H and O–H groups in total. The summed E-state index contributed by atoms with van der Waals surface area (Å²) in [6.45, 7) is 4.94. The van der Waals surface area contributed by atoms with Crippen molar-refractivity contribution in [1.82, 2.24) is 0 Å². The van der Waals surface area contributed by atoms with Crippen LogP contribution in [0.25, 0.3) is 11.1 Å². The van der Waals surface area contributed by atoms with Crippen molar-refractivity contribution in [2.45, 2.75) is 46.1 Å². The van der Waals surface area contributed by atoms with Gasteiger partial charge in [0.15, 0.2) is 0 Å². The predicted molar refractivity (Wildman–Crippen MR) is 122 cm³/mol. The first-order valence-electron chi connectivity index (χ1n) is 10.6. The van der Waals surface area contributed by atoms with Crippen LogP contribution in [0, 0.1) is 0 Å². The molecule has 3 nitrogen and oxygen atoms in total. The summed E-state index contributed by atoms with van der Waals surface area (Å²) in [6, 6.07) is 23.1. The summed E-state index contributed by atoms with van der Waals surface area (Å²) in [4.78, 5) is 11.3. The Morgan fingerprint density at radius 2 is 1.50 bits per heavy atom. The van der Waals surface area contributed by atoms with Crippen LogP contribution in [0.15, 0.2) is 66.7 Å².